The molecule has 2 heterocycles. The van der Waals surface area contributed by atoms with E-state index in [0.717, 1.165) is 6.07 Å². The van der Waals surface area contributed by atoms with Gasteiger partial charge in [-0.15, -0.1) is 0 Å². The van der Waals surface area contributed by atoms with Gasteiger partial charge < -0.3 is 15.0 Å². The lowest BCUT2D eigenvalue weighted by Gasteiger charge is -2.19. The lowest BCUT2D eigenvalue weighted by Crippen LogP contribution is -2.32. The van der Waals surface area contributed by atoms with E-state index in [0.29, 0.717) is 10.9 Å². The number of hydrogen-bond acceptors (Lipinski definition) is 3. The summed E-state index contributed by atoms with van der Waals surface area (Å²) in [5.74, 6) is 0. The Balaban J connectivity index is 2.16. The van der Waals surface area contributed by atoms with E-state index >= 15 is 0 Å². The molecule has 0 aromatic carbocycles. The van der Waals surface area contributed by atoms with Gasteiger partial charge in [-0.1, -0.05) is 0 Å². The third-order valence-electron chi connectivity index (χ3n) is 2.62. The summed E-state index contributed by atoms with van der Waals surface area (Å²) in [6.45, 7) is 4.87. The molecule has 22 heavy (non-hydrogen) atoms. The third kappa shape index (κ3) is 4.12. The van der Waals surface area contributed by atoms with Crippen LogP contribution in [0.4, 0.5) is 18.0 Å². The van der Waals surface area contributed by atoms with Crippen molar-refractivity contribution in [2.75, 3.05) is 0 Å². The molecule has 2 N–H and O–H groups in total. The van der Waals surface area contributed by atoms with Crippen molar-refractivity contribution < 1.29 is 24.1 Å². The zero-order valence-electron chi connectivity index (χ0n) is 13.3. The van der Waals surface area contributed by atoms with E-state index in [-0.39, 0.29) is 17.6 Å². The zero-order valence-corrected chi connectivity index (χ0v) is 12.3. The fourth-order valence-corrected chi connectivity index (χ4v) is 1.75. The van der Waals surface area contributed by atoms with Gasteiger partial charge in [0.2, 0.25) is 0 Å². The molecule has 5 nitrogen and oxygen atoms in total. The first-order valence-electron chi connectivity index (χ1n) is 6.95. The molecule has 0 aliphatic carbocycles. The van der Waals surface area contributed by atoms with Gasteiger partial charge in [0.15, 0.2) is 1.41 Å². The van der Waals surface area contributed by atoms with Crippen LogP contribution in [0.2, 0.25) is 1.41 Å². The van der Waals surface area contributed by atoms with Crippen LogP contribution in [0, 0.1) is 0 Å². The number of ether oxygens (including phenoxy) is 1. The van der Waals surface area contributed by atoms with Gasteiger partial charge in [-0.05, 0) is 38.5 Å². The Kier molecular flexibility index (Phi) is 3.67. The number of alkyl carbamates (subject to hydrolysis) is 1. The number of amides is 1. The largest absolute Gasteiger partial charge is 0.444 e. The number of alkyl halides is 3. The van der Waals surface area contributed by atoms with Crippen LogP contribution in [-0.2, 0) is 17.5 Å². The Morgan fingerprint density at radius 1 is 1.41 bits per heavy atom. The number of nitrogens with one attached hydrogen (secondary N) is 2. The molecule has 0 saturated carbocycles. The molecule has 120 valence electrons. The lowest BCUT2D eigenvalue weighted by molar-refractivity contribution is -0.140. The maximum Gasteiger partial charge on any atom is 0.431 e. The van der Waals surface area contributed by atoms with E-state index in [2.05, 4.69) is 9.97 Å². The molecule has 0 unspecified atom stereocenters. The topological polar surface area (TPSA) is 67.0 Å². The molecule has 0 radical (unpaired) electrons. The normalized spacial score (nSPS) is 13.1. The fourth-order valence-electron chi connectivity index (χ4n) is 1.75. The standard InChI is InChI=1S/C14H16F3N3O2/c1-13(2,3)22-12(21)19-7-8-4-9-5-10(14(15,16)17)20-11(9)18-6-8/h4-6H,7H2,1-3H3,(H,18,20)(H,19,21)/i/hD. The minimum absolute atomic E-state index is 0.0925. The predicted octanol–water partition coefficient (Wildman–Crippen LogP) is 3.61. The van der Waals surface area contributed by atoms with E-state index in [4.69, 9.17) is 6.15 Å². The summed E-state index contributed by atoms with van der Waals surface area (Å²) >= 11 is 0. The van der Waals surface area contributed by atoms with Crippen molar-refractivity contribution in [2.24, 2.45) is 0 Å². The van der Waals surface area contributed by atoms with Crippen molar-refractivity contribution in [1.82, 2.24) is 15.3 Å². The smallest absolute Gasteiger partial charge is 0.431 e. The van der Waals surface area contributed by atoms with Crippen molar-refractivity contribution in [3.63, 3.8) is 0 Å². The number of carbonyl (C=O) groups excluding carboxylic acids is 1. The van der Waals surface area contributed by atoms with Crippen LogP contribution < -0.4 is 5.31 Å². The van der Waals surface area contributed by atoms with Crippen molar-refractivity contribution in [1.29, 1.82) is 0 Å². The van der Waals surface area contributed by atoms with E-state index in [9.17, 15) is 18.0 Å². The summed E-state index contributed by atoms with van der Waals surface area (Å²) in [4.78, 5) is 17.8. The molecule has 0 atom stereocenters. The van der Waals surface area contributed by atoms with E-state index in [1.54, 1.807) is 20.8 Å². The van der Waals surface area contributed by atoms with Gasteiger partial charge >= 0.3 is 12.3 Å². The van der Waals surface area contributed by atoms with Crippen molar-refractivity contribution in [3.8, 4) is 0 Å². The molecule has 0 aliphatic rings. The van der Waals surface area contributed by atoms with Crippen LogP contribution in [0.3, 0.4) is 0 Å². The van der Waals surface area contributed by atoms with Crippen molar-refractivity contribution in [3.05, 3.63) is 29.6 Å². The van der Waals surface area contributed by atoms with Gasteiger partial charge in [0.1, 0.15) is 16.9 Å². The number of hydrogen-bond donors (Lipinski definition) is 2. The third-order valence-corrected chi connectivity index (χ3v) is 2.62. The SMILES string of the molecule is [2H]N(Cc1cnc2[nH]c(C(F)(F)F)cc2c1)C(=O)OC(C)(C)C. The summed E-state index contributed by atoms with van der Waals surface area (Å²) in [6.07, 6.45) is -4.02. The number of halogens is 3. The molecule has 0 bridgehead atoms. The maximum absolute atomic E-state index is 12.6. The highest BCUT2D eigenvalue weighted by molar-refractivity contribution is 5.77. The molecule has 2 rings (SSSR count). The first kappa shape index (κ1) is 14.7. The summed E-state index contributed by atoms with van der Waals surface area (Å²) in [6, 6.07) is 2.38. The Labute approximate surface area is 126 Å². The van der Waals surface area contributed by atoms with Gasteiger partial charge in [-0.2, -0.15) is 13.2 Å². The van der Waals surface area contributed by atoms with E-state index in [1.165, 1.54) is 12.3 Å². The minimum atomic E-state index is -4.49. The Morgan fingerprint density at radius 3 is 2.68 bits per heavy atom. The second-order valence-corrected chi connectivity index (χ2v) is 5.76. The number of pyridine rings is 1. The van der Waals surface area contributed by atoms with Gasteiger partial charge in [0.25, 0.3) is 0 Å². The molecular formula is C14H16F3N3O2. The lowest BCUT2D eigenvalue weighted by atomic mass is 10.2. The summed E-state index contributed by atoms with van der Waals surface area (Å²) in [5, 5.41) is 0.846. The zero-order chi connectivity index (χ0) is 17.4. The summed E-state index contributed by atoms with van der Waals surface area (Å²) in [7, 11) is 0. The van der Waals surface area contributed by atoms with E-state index < -0.39 is 23.6 Å². The number of carbonyl (C=O) groups is 1. The first-order chi connectivity index (χ1) is 10.5. The monoisotopic (exact) mass is 316 g/mol. The number of aromatic amines is 1. The molecule has 0 spiro atoms. The average Bonchev–Trinajstić information content (AvgIpc) is 2.79. The molecule has 1 amide bonds. The highest BCUT2D eigenvalue weighted by atomic mass is 19.4. The van der Waals surface area contributed by atoms with E-state index in [1.807, 2.05) is 0 Å². The first-order valence-corrected chi connectivity index (χ1v) is 6.50. The van der Waals surface area contributed by atoms with Crippen LogP contribution in [0.25, 0.3) is 11.0 Å². The predicted molar refractivity (Wildman–Crippen MR) is 74.2 cm³/mol. The van der Waals surface area contributed by atoms with Gasteiger partial charge in [0, 0.05) is 18.1 Å². The van der Waals surface area contributed by atoms with Crippen LogP contribution in [0.1, 0.15) is 32.0 Å². The second kappa shape index (κ2) is 5.51. The number of rotatable bonds is 2. The molecule has 0 aliphatic heterocycles. The van der Waals surface area contributed by atoms with Gasteiger partial charge in [0.05, 0.1) is 0 Å². The average molecular weight is 316 g/mol. The van der Waals surface area contributed by atoms with Crippen LogP contribution in [0.5, 0.6) is 0 Å². The maximum atomic E-state index is 12.6. The molecular weight excluding hydrogens is 299 g/mol. The molecule has 2 aromatic heterocycles. The minimum Gasteiger partial charge on any atom is -0.444 e. The number of nitrogens with zero attached hydrogens (tertiary/aromatic N) is 1. The van der Waals surface area contributed by atoms with Crippen molar-refractivity contribution >= 4 is 17.1 Å². The summed E-state index contributed by atoms with van der Waals surface area (Å²) in [5.41, 5.74) is -1.12. The molecule has 0 saturated heterocycles. The van der Waals surface area contributed by atoms with Gasteiger partial charge in [-0.3, -0.25) is 0 Å². The van der Waals surface area contributed by atoms with Crippen molar-refractivity contribution in [2.45, 2.75) is 39.1 Å². The van der Waals surface area contributed by atoms with Crippen LogP contribution >= 0.6 is 0 Å². The van der Waals surface area contributed by atoms with Crippen LogP contribution in [0.15, 0.2) is 18.3 Å². The molecule has 0 fully saturated rings. The Hall–Kier alpha value is -2.25. The number of aromatic nitrogens is 2. The number of H-pyrrole nitrogens is 1. The highest BCUT2D eigenvalue weighted by Crippen LogP contribution is 2.30. The van der Waals surface area contributed by atoms with Crippen LogP contribution in [-0.4, -0.2) is 21.7 Å². The Morgan fingerprint density at radius 2 is 2.09 bits per heavy atom. The summed E-state index contributed by atoms with van der Waals surface area (Å²) < 4.78 is 50.6. The second-order valence-electron chi connectivity index (χ2n) is 5.76. The fraction of sp³-hybridized carbons (Fsp3) is 0.429. The van der Waals surface area contributed by atoms with Gasteiger partial charge in [-0.25, -0.2) is 9.78 Å². The Bertz CT molecular complexity index is 722. The molecule has 8 heteroatoms. The highest BCUT2D eigenvalue weighted by Gasteiger charge is 2.32. The molecule has 2 aromatic rings. The number of fused-ring (bicyclic) bond motifs is 1. The quantitative estimate of drug-likeness (QED) is 0.889.